The van der Waals surface area contributed by atoms with Crippen LogP contribution in [0.5, 0.6) is 0 Å². The lowest BCUT2D eigenvalue weighted by Crippen LogP contribution is -2.40. The summed E-state index contributed by atoms with van der Waals surface area (Å²) in [6.45, 7) is 0. The van der Waals surface area contributed by atoms with E-state index < -0.39 is 17.8 Å². The molecule has 0 spiro atoms. The van der Waals surface area contributed by atoms with E-state index in [1.54, 1.807) is 48.5 Å². The molecule has 0 saturated carbocycles. The lowest BCUT2D eigenvalue weighted by Gasteiger charge is -2.27. The first-order valence-electron chi connectivity index (χ1n) is 7.30. The molecule has 0 radical (unpaired) electrons. The fraction of sp³-hybridized carbons (Fsp3) is 0. The van der Waals surface area contributed by atoms with Gasteiger partial charge in [0, 0.05) is 22.1 Å². The highest BCUT2D eigenvalue weighted by Gasteiger charge is 2.34. The minimum absolute atomic E-state index is 0.0376. The number of rotatable bonds is 2. The van der Waals surface area contributed by atoms with Crippen LogP contribution in [-0.4, -0.2) is 17.8 Å². The van der Waals surface area contributed by atoms with Gasteiger partial charge >= 0.3 is 0 Å². The Morgan fingerprint density at radius 3 is 2.12 bits per heavy atom. The van der Waals surface area contributed by atoms with Gasteiger partial charge < -0.3 is 9.90 Å². The topological polar surface area (TPSA) is 77.5 Å². The van der Waals surface area contributed by atoms with Gasteiger partial charge in [-0.25, -0.2) is 4.90 Å². The zero-order valence-corrected chi connectivity index (χ0v) is 12.4. The summed E-state index contributed by atoms with van der Waals surface area (Å²) in [6, 6.07) is 16.2. The maximum Gasteiger partial charge on any atom is 0.265 e. The van der Waals surface area contributed by atoms with Crippen molar-refractivity contribution in [3.8, 4) is 0 Å². The van der Waals surface area contributed by atoms with Crippen molar-refractivity contribution in [2.24, 2.45) is 0 Å². The van der Waals surface area contributed by atoms with Gasteiger partial charge in [-0.15, -0.1) is 0 Å². The Balaban J connectivity index is 2.03. The molecule has 3 aromatic carbocycles. The first-order valence-corrected chi connectivity index (χ1v) is 7.30. The molecule has 0 bridgehead atoms. The van der Waals surface area contributed by atoms with E-state index in [0.29, 0.717) is 27.6 Å². The van der Waals surface area contributed by atoms with Crippen molar-refractivity contribution in [3.63, 3.8) is 0 Å². The van der Waals surface area contributed by atoms with E-state index in [4.69, 9.17) is 0 Å². The monoisotopic (exact) mass is 316 g/mol. The number of imide groups is 1. The Morgan fingerprint density at radius 2 is 1.46 bits per heavy atom. The molecule has 24 heavy (non-hydrogen) atoms. The van der Waals surface area contributed by atoms with Crippen LogP contribution in [0.25, 0.3) is 10.8 Å². The van der Waals surface area contributed by atoms with Crippen molar-refractivity contribution < 1.29 is 19.5 Å². The Hall–Kier alpha value is -3.47. The number of hydrogen-bond acceptors (Lipinski definition) is 4. The standard InChI is InChI=1S/C19H11NO4/c21-17-14-8-4-7-12-13(19(23)24)9-10-15(16(12)14)18(22)20(17)11-5-2-1-3-6-11/h1-10H,(H,23,24)/p-1. The van der Waals surface area contributed by atoms with Crippen LogP contribution in [0.15, 0.2) is 60.7 Å². The van der Waals surface area contributed by atoms with Crippen LogP contribution < -0.4 is 10.0 Å². The van der Waals surface area contributed by atoms with E-state index in [-0.39, 0.29) is 5.56 Å². The second-order valence-corrected chi connectivity index (χ2v) is 5.46. The van der Waals surface area contributed by atoms with Crippen molar-refractivity contribution >= 4 is 34.2 Å². The molecule has 0 saturated heterocycles. The second-order valence-electron chi connectivity index (χ2n) is 5.46. The molecule has 5 nitrogen and oxygen atoms in total. The molecule has 0 aromatic heterocycles. The molecule has 116 valence electrons. The number of carbonyl (C=O) groups excluding carboxylic acids is 3. The van der Waals surface area contributed by atoms with Crippen molar-refractivity contribution in [3.05, 3.63) is 77.4 Å². The zero-order chi connectivity index (χ0) is 16.8. The SMILES string of the molecule is O=C([O-])c1ccc2c3c(cccc13)C(=O)N(c1ccccc1)C2=O. The number of para-hydroxylation sites is 1. The molecule has 0 aliphatic carbocycles. The molecule has 4 rings (SSSR count). The number of carboxylic acids is 1. The Kier molecular flexibility index (Phi) is 2.96. The Bertz CT molecular complexity index is 1000. The quantitative estimate of drug-likeness (QED) is 0.678. The molecule has 0 unspecified atom stereocenters. The Morgan fingerprint density at radius 1 is 0.792 bits per heavy atom. The van der Waals surface area contributed by atoms with Crippen LogP contribution in [0.4, 0.5) is 5.69 Å². The predicted octanol–water partition coefficient (Wildman–Crippen LogP) is 2.00. The molecule has 1 aliphatic heterocycles. The van der Waals surface area contributed by atoms with Crippen molar-refractivity contribution in [2.75, 3.05) is 4.90 Å². The summed E-state index contributed by atoms with van der Waals surface area (Å²) in [5, 5.41) is 12.0. The minimum atomic E-state index is -1.34. The summed E-state index contributed by atoms with van der Waals surface area (Å²) in [4.78, 5) is 38.1. The average molecular weight is 316 g/mol. The number of benzene rings is 3. The highest BCUT2D eigenvalue weighted by atomic mass is 16.4. The summed E-state index contributed by atoms with van der Waals surface area (Å²) in [6.07, 6.45) is 0. The number of carboxylic acid groups (broad SMARTS) is 1. The van der Waals surface area contributed by atoms with E-state index in [1.807, 2.05) is 0 Å². The highest BCUT2D eigenvalue weighted by Crippen LogP contribution is 2.34. The molecule has 1 aliphatic rings. The van der Waals surface area contributed by atoms with Gasteiger partial charge in [0.15, 0.2) is 0 Å². The van der Waals surface area contributed by atoms with Crippen molar-refractivity contribution in [1.29, 1.82) is 0 Å². The number of amides is 2. The van der Waals surface area contributed by atoms with Gasteiger partial charge in [-0.05, 0) is 29.7 Å². The molecule has 0 atom stereocenters. The van der Waals surface area contributed by atoms with Crippen LogP contribution in [0.2, 0.25) is 0 Å². The lowest BCUT2D eigenvalue weighted by atomic mass is 9.91. The molecular formula is C19H10NO4-. The zero-order valence-electron chi connectivity index (χ0n) is 12.4. The van der Waals surface area contributed by atoms with Crippen molar-refractivity contribution in [1.82, 2.24) is 0 Å². The summed E-state index contributed by atoms with van der Waals surface area (Å²) < 4.78 is 0. The van der Waals surface area contributed by atoms with Gasteiger partial charge in [0.1, 0.15) is 0 Å². The highest BCUT2D eigenvalue weighted by molar-refractivity contribution is 6.36. The summed E-state index contributed by atoms with van der Waals surface area (Å²) in [5.74, 6) is -2.29. The average Bonchev–Trinajstić information content (AvgIpc) is 2.60. The van der Waals surface area contributed by atoms with Gasteiger partial charge in [-0.1, -0.05) is 36.4 Å². The molecule has 2 amide bonds. The van der Waals surface area contributed by atoms with Crippen LogP contribution in [0.1, 0.15) is 31.1 Å². The Labute approximate surface area is 136 Å². The van der Waals surface area contributed by atoms with Gasteiger partial charge in [0.2, 0.25) is 0 Å². The van der Waals surface area contributed by atoms with Gasteiger partial charge in [0.25, 0.3) is 11.8 Å². The fourth-order valence-electron chi connectivity index (χ4n) is 3.09. The molecule has 1 heterocycles. The van der Waals surface area contributed by atoms with Crippen LogP contribution in [-0.2, 0) is 0 Å². The normalized spacial score (nSPS) is 13.4. The van der Waals surface area contributed by atoms with Crippen LogP contribution in [0.3, 0.4) is 0 Å². The van der Waals surface area contributed by atoms with Crippen LogP contribution >= 0.6 is 0 Å². The lowest BCUT2D eigenvalue weighted by molar-refractivity contribution is -0.254. The van der Waals surface area contributed by atoms with Crippen molar-refractivity contribution in [2.45, 2.75) is 0 Å². The number of aromatic carboxylic acids is 1. The molecule has 0 N–H and O–H groups in total. The number of carbonyl (C=O) groups is 3. The summed E-state index contributed by atoms with van der Waals surface area (Å²) >= 11 is 0. The third kappa shape index (κ3) is 1.85. The molecule has 5 heteroatoms. The third-order valence-corrected chi connectivity index (χ3v) is 4.14. The van der Waals surface area contributed by atoms with E-state index in [0.717, 1.165) is 4.90 Å². The minimum Gasteiger partial charge on any atom is -0.545 e. The largest absolute Gasteiger partial charge is 0.545 e. The summed E-state index contributed by atoms with van der Waals surface area (Å²) in [7, 11) is 0. The second kappa shape index (κ2) is 5.03. The maximum atomic E-state index is 12.8. The van der Waals surface area contributed by atoms with Crippen LogP contribution in [0, 0.1) is 0 Å². The van der Waals surface area contributed by atoms with E-state index >= 15 is 0 Å². The molecule has 3 aromatic rings. The van der Waals surface area contributed by atoms with Gasteiger partial charge in [0.05, 0.1) is 11.7 Å². The van der Waals surface area contributed by atoms with Gasteiger partial charge in [-0.2, -0.15) is 0 Å². The first-order chi connectivity index (χ1) is 11.6. The van der Waals surface area contributed by atoms with E-state index in [2.05, 4.69) is 0 Å². The molecule has 0 fully saturated rings. The fourth-order valence-corrected chi connectivity index (χ4v) is 3.09. The maximum absolute atomic E-state index is 12.8. The predicted molar refractivity (Wildman–Crippen MR) is 85.9 cm³/mol. The van der Waals surface area contributed by atoms with E-state index in [1.165, 1.54) is 12.1 Å². The summed E-state index contributed by atoms with van der Waals surface area (Å²) in [5.41, 5.74) is 1.03. The number of nitrogens with zero attached hydrogens (tertiary/aromatic N) is 1. The third-order valence-electron chi connectivity index (χ3n) is 4.14. The first kappa shape index (κ1) is 14.1. The number of anilines is 1. The smallest absolute Gasteiger partial charge is 0.265 e. The van der Waals surface area contributed by atoms with Gasteiger partial charge in [-0.3, -0.25) is 9.59 Å². The number of hydrogen-bond donors (Lipinski definition) is 0. The molecular weight excluding hydrogens is 306 g/mol. The van der Waals surface area contributed by atoms with E-state index in [9.17, 15) is 19.5 Å².